The van der Waals surface area contributed by atoms with Gasteiger partial charge < -0.3 is 9.84 Å². The molecule has 0 saturated heterocycles. The van der Waals surface area contributed by atoms with E-state index in [0.29, 0.717) is 0 Å². The molecule has 0 amide bonds. The molecule has 5 heteroatoms. The molecule has 0 radical (unpaired) electrons. The van der Waals surface area contributed by atoms with Gasteiger partial charge in [0, 0.05) is 5.02 Å². The molecule has 0 heterocycles. The van der Waals surface area contributed by atoms with Crippen LogP contribution in [-0.2, 0) is 4.74 Å². The van der Waals surface area contributed by atoms with Crippen molar-refractivity contribution in [3.8, 4) is 0 Å². The van der Waals surface area contributed by atoms with E-state index in [1.165, 1.54) is 18.2 Å². The Morgan fingerprint density at radius 1 is 1.35 bits per heavy atom. The smallest absolute Gasteiger partial charge is 0.339 e. The highest BCUT2D eigenvalue weighted by Crippen LogP contribution is 2.17. The van der Waals surface area contributed by atoms with Crippen molar-refractivity contribution in [2.24, 2.45) is 0 Å². The molecule has 0 aliphatic rings. The van der Waals surface area contributed by atoms with E-state index >= 15 is 0 Å². The molecule has 1 N–H and O–H groups in total. The third-order valence-electron chi connectivity index (χ3n) is 2.16. The van der Waals surface area contributed by atoms with Crippen LogP contribution >= 0.6 is 11.6 Å². The van der Waals surface area contributed by atoms with Gasteiger partial charge in [0.15, 0.2) is 0 Å². The topological polar surface area (TPSA) is 63.6 Å². The van der Waals surface area contributed by atoms with Gasteiger partial charge in [-0.2, -0.15) is 0 Å². The zero-order valence-corrected chi connectivity index (χ0v) is 10.2. The number of carboxylic acids is 1. The molecule has 1 aromatic rings. The summed E-state index contributed by atoms with van der Waals surface area (Å²) in [5.74, 6) is -1.83. The standard InChI is InChI=1S/C12H13ClO4/c1-2-3-6-17-12(16)9-5-4-8(13)7-10(9)11(14)15/h4-5,7H,2-3,6H2,1H3,(H,14,15). The van der Waals surface area contributed by atoms with E-state index in [0.717, 1.165) is 12.8 Å². The summed E-state index contributed by atoms with van der Waals surface area (Å²) in [5.41, 5.74) is -0.114. The Morgan fingerprint density at radius 2 is 2.06 bits per heavy atom. The summed E-state index contributed by atoms with van der Waals surface area (Å²) >= 11 is 5.68. The highest BCUT2D eigenvalue weighted by atomic mass is 35.5. The zero-order valence-electron chi connectivity index (χ0n) is 9.40. The fourth-order valence-electron chi connectivity index (χ4n) is 1.26. The average molecular weight is 257 g/mol. The molecule has 4 nitrogen and oxygen atoms in total. The molecule has 0 spiro atoms. The lowest BCUT2D eigenvalue weighted by atomic mass is 10.1. The van der Waals surface area contributed by atoms with Crippen molar-refractivity contribution >= 4 is 23.5 Å². The zero-order chi connectivity index (χ0) is 12.8. The summed E-state index contributed by atoms with van der Waals surface area (Å²) < 4.78 is 4.95. The van der Waals surface area contributed by atoms with Crippen molar-refractivity contribution in [1.29, 1.82) is 0 Å². The second-order valence-electron chi connectivity index (χ2n) is 3.48. The summed E-state index contributed by atoms with van der Waals surface area (Å²) in [6.07, 6.45) is 1.65. The van der Waals surface area contributed by atoms with E-state index in [1.807, 2.05) is 6.92 Å². The van der Waals surface area contributed by atoms with Crippen LogP contribution in [0.15, 0.2) is 18.2 Å². The summed E-state index contributed by atoms with van der Waals surface area (Å²) in [6.45, 7) is 2.26. The Bertz CT molecular complexity index is 429. The van der Waals surface area contributed by atoms with E-state index in [1.54, 1.807) is 0 Å². The Hall–Kier alpha value is -1.55. The maximum Gasteiger partial charge on any atom is 0.339 e. The van der Waals surface area contributed by atoms with Gasteiger partial charge in [0.2, 0.25) is 0 Å². The first kappa shape index (κ1) is 13.5. The lowest BCUT2D eigenvalue weighted by Gasteiger charge is -2.07. The van der Waals surface area contributed by atoms with Crippen LogP contribution in [0, 0.1) is 0 Å². The molecule has 0 bridgehead atoms. The lowest BCUT2D eigenvalue weighted by molar-refractivity contribution is 0.0489. The van der Waals surface area contributed by atoms with Crippen molar-refractivity contribution in [3.05, 3.63) is 34.3 Å². The molecule has 0 aliphatic carbocycles. The number of hydrogen-bond donors (Lipinski definition) is 1. The van der Waals surface area contributed by atoms with Crippen LogP contribution in [0.1, 0.15) is 40.5 Å². The molecule has 92 valence electrons. The number of halogens is 1. The number of carbonyl (C=O) groups is 2. The van der Waals surface area contributed by atoms with E-state index in [2.05, 4.69) is 0 Å². The number of carbonyl (C=O) groups excluding carboxylic acids is 1. The van der Waals surface area contributed by atoms with Crippen molar-refractivity contribution in [3.63, 3.8) is 0 Å². The monoisotopic (exact) mass is 256 g/mol. The first-order valence-corrected chi connectivity index (χ1v) is 5.64. The fraction of sp³-hybridized carbons (Fsp3) is 0.333. The first-order valence-electron chi connectivity index (χ1n) is 5.26. The van der Waals surface area contributed by atoms with Crippen LogP contribution in [-0.4, -0.2) is 23.7 Å². The maximum absolute atomic E-state index is 11.6. The molecule has 0 aromatic heterocycles. The van der Waals surface area contributed by atoms with Crippen molar-refractivity contribution < 1.29 is 19.4 Å². The molecule has 1 aromatic carbocycles. The number of esters is 1. The van der Waals surface area contributed by atoms with Crippen LogP contribution < -0.4 is 0 Å². The van der Waals surface area contributed by atoms with Gasteiger partial charge in [0.1, 0.15) is 0 Å². The number of benzene rings is 1. The van der Waals surface area contributed by atoms with Gasteiger partial charge >= 0.3 is 11.9 Å². The number of unbranched alkanes of at least 4 members (excludes halogenated alkanes) is 1. The highest BCUT2D eigenvalue weighted by Gasteiger charge is 2.17. The Morgan fingerprint density at radius 3 is 2.65 bits per heavy atom. The van der Waals surface area contributed by atoms with Gasteiger partial charge in [0.25, 0.3) is 0 Å². The first-order chi connectivity index (χ1) is 8.06. The van der Waals surface area contributed by atoms with Crippen LogP contribution in [0.25, 0.3) is 0 Å². The summed E-state index contributed by atoms with van der Waals surface area (Å²) in [7, 11) is 0. The minimum Gasteiger partial charge on any atom is -0.478 e. The molecule has 0 unspecified atom stereocenters. The van der Waals surface area contributed by atoms with Gasteiger partial charge in [-0.05, 0) is 24.6 Å². The SMILES string of the molecule is CCCCOC(=O)c1ccc(Cl)cc1C(=O)O. The fourth-order valence-corrected chi connectivity index (χ4v) is 1.43. The Labute approximate surface area is 104 Å². The van der Waals surface area contributed by atoms with Crippen LogP contribution in [0.4, 0.5) is 0 Å². The van der Waals surface area contributed by atoms with E-state index in [9.17, 15) is 9.59 Å². The van der Waals surface area contributed by atoms with Crippen molar-refractivity contribution in [2.75, 3.05) is 6.61 Å². The van der Waals surface area contributed by atoms with Crippen LogP contribution in [0.5, 0.6) is 0 Å². The molecule has 1 rings (SSSR count). The summed E-state index contributed by atoms with van der Waals surface area (Å²) in [5, 5.41) is 9.21. The predicted molar refractivity (Wildman–Crippen MR) is 63.6 cm³/mol. The second-order valence-corrected chi connectivity index (χ2v) is 3.92. The molecule has 0 atom stereocenters. The van der Waals surface area contributed by atoms with E-state index in [4.69, 9.17) is 21.4 Å². The Balaban J connectivity index is 2.89. The van der Waals surface area contributed by atoms with Gasteiger partial charge in [-0.25, -0.2) is 9.59 Å². The summed E-state index contributed by atoms with van der Waals surface area (Å²) in [4.78, 5) is 22.6. The number of hydrogen-bond acceptors (Lipinski definition) is 3. The van der Waals surface area contributed by atoms with E-state index in [-0.39, 0.29) is 22.8 Å². The minimum absolute atomic E-state index is 0.0259. The normalized spacial score (nSPS) is 10.0. The molecule has 0 saturated carbocycles. The largest absolute Gasteiger partial charge is 0.478 e. The second kappa shape index (κ2) is 6.25. The molecule has 0 fully saturated rings. The van der Waals surface area contributed by atoms with Gasteiger partial charge in [-0.3, -0.25) is 0 Å². The van der Waals surface area contributed by atoms with Crippen LogP contribution in [0.2, 0.25) is 5.02 Å². The third kappa shape index (κ3) is 3.75. The maximum atomic E-state index is 11.6. The quantitative estimate of drug-likeness (QED) is 0.650. The summed E-state index contributed by atoms with van der Waals surface area (Å²) in [6, 6.07) is 4.06. The number of ether oxygens (including phenoxy) is 1. The van der Waals surface area contributed by atoms with Gasteiger partial charge in [0.05, 0.1) is 17.7 Å². The third-order valence-corrected chi connectivity index (χ3v) is 2.40. The van der Waals surface area contributed by atoms with Crippen molar-refractivity contribution in [1.82, 2.24) is 0 Å². The minimum atomic E-state index is -1.20. The average Bonchev–Trinajstić information content (AvgIpc) is 2.29. The highest BCUT2D eigenvalue weighted by molar-refractivity contribution is 6.31. The van der Waals surface area contributed by atoms with Gasteiger partial charge in [-0.15, -0.1) is 0 Å². The number of aromatic carboxylic acids is 1. The molecule has 17 heavy (non-hydrogen) atoms. The molecule has 0 aliphatic heterocycles. The number of rotatable bonds is 5. The predicted octanol–water partition coefficient (Wildman–Crippen LogP) is 3.00. The van der Waals surface area contributed by atoms with Crippen LogP contribution in [0.3, 0.4) is 0 Å². The number of carboxylic acid groups (broad SMARTS) is 1. The molecular weight excluding hydrogens is 244 g/mol. The van der Waals surface area contributed by atoms with Crippen molar-refractivity contribution in [2.45, 2.75) is 19.8 Å². The van der Waals surface area contributed by atoms with Gasteiger partial charge in [-0.1, -0.05) is 24.9 Å². The van der Waals surface area contributed by atoms with E-state index < -0.39 is 11.9 Å². The lowest BCUT2D eigenvalue weighted by Crippen LogP contribution is -2.12. The molecular formula is C12H13ClO4. The Kier molecular flexibility index (Phi) is 4.97.